The minimum atomic E-state index is 0.510. The van der Waals surface area contributed by atoms with E-state index in [2.05, 4.69) is 40.1 Å². The number of rotatable bonds is 3. The predicted octanol–water partition coefficient (Wildman–Crippen LogP) is 3.66. The maximum Gasteiger partial charge on any atom is 0.149 e. The van der Waals surface area contributed by atoms with Crippen LogP contribution < -0.4 is 11.1 Å². The highest BCUT2D eigenvalue weighted by molar-refractivity contribution is 9.10. The van der Waals surface area contributed by atoms with Crippen molar-refractivity contribution in [3.63, 3.8) is 0 Å². The Bertz CT molecular complexity index is 394. The lowest BCUT2D eigenvalue weighted by atomic mass is 9.93. The van der Waals surface area contributed by atoms with Crippen LogP contribution in [0.2, 0.25) is 0 Å². The molecule has 0 saturated heterocycles. The Labute approximate surface area is 111 Å². The second kappa shape index (κ2) is 5.25. The first-order valence-corrected chi connectivity index (χ1v) is 7.08. The Morgan fingerprint density at radius 1 is 1.53 bits per heavy atom. The molecule has 0 aromatic carbocycles. The summed E-state index contributed by atoms with van der Waals surface area (Å²) in [6.45, 7) is 4.60. The fourth-order valence-corrected chi connectivity index (χ4v) is 3.13. The molecule has 1 saturated carbocycles. The quantitative estimate of drug-likeness (QED) is 0.895. The molecular weight excluding hydrogens is 278 g/mol. The summed E-state index contributed by atoms with van der Waals surface area (Å²) in [5.74, 6) is 2.36. The molecule has 17 heavy (non-hydrogen) atoms. The summed E-state index contributed by atoms with van der Waals surface area (Å²) in [6.07, 6.45) is 5.58. The van der Waals surface area contributed by atoms with E-state index in [0.29, 0.717) is 17.6 Å². The molecule has 3 nitrogen and oxygen atoms in total. The summed E-state index contributed by atoms with van der Waals surface area (Å²) < 4.78 is 0.923. The van der Waals surface area contributed by atoms with Gasteiger partial charge in [-0.1, -0.05) is 20.3 Å². The lowest BCUT2D eigenvalue weighted by molar-refractivity contribution is 0.391. The van der Waals surface area contributed by atoms with E-state index in [1.165, 1.54) is 19.3 Å². The minimum absolute atomic E-state index is 0.510. The normalized spacial score (nSPS) is 28.3. The third kappa shape index (κ3) is 2.73. The fraction of sp³-hybridized carbons (Fsp3) is 0.615. The maximum atomic E-state index is 5.96. The van der Waals surface area contributed by atoms with Gasteiger partial charge in [0.2, 0.25) is 0 Å². The highest BCUT2D eigenvalue weighted by atomic mass is 79.9. The number of nitrogen functional groups attached to an aromatic ring is 1. The molecule has 0 bridgehead atoms. The Balaban J connectivity index is 2.06. The van der Waals surface area contributed by atoms with Gasteiger partial charge in [0.05, 0.1) is 5.69 Å². The van der Waals surface area contributed by atoms with Gasteiger partial charge in [0.25, 0.3) is 0 Å². The zero-order valence-electron chi connectivity index (χ0n) is 10.4. The van der Waals surface area contributed by atoms with Crippen LogP contribution in [-0.2, 0) is 0 Å². The molecule has 2 rings (SSSR count). The SMILES string of the molecule is CCC1CCC(Nc2ncc(Br)cc2N)C1C. The van der Waals surface area contributed by atoms with E-state index >= 15 is 0 Å². The van der Waals surface area contributed by atoms with Crippen LogP contribution in [-0.4, -0.2) is 11.0 Å². The molecule has 0 amide bonds. The lowest BCUT2D eigenvalue weighted by Crippen LogP contribution is -2.25. The number of pyridine rings is 1. The molecule has 94 valence electrons. The number of nitrogens with zero attached hydrogens (tertiary/aromatic N) is 1. The molecule has 1 fully saturated rings. The fourth-order valence-electron chi connectivity index (χ4n) is 2.78. The van der Waals surface area contributed by atoms with Crippen molar-refractivity contribution >= 4 is 27.4 Å². The molecule has 0 radical (unpaired) electrons. The summed E-state index contributed by atoms with van der Waals surface area (Å²) in [4.78, 5) is 4.34. The molecule has 0 aliphatic heterocycles. The zero-order chi connectivity index (χ0) is 12.4. The van der Waals surface area contributed by atoms with Gasteiger partial charge in [0.1, 0.15) is 5.82 Å². The van der Waals surface area contributed by atoms with Crippen LogP contribution in [0.5, 0.6) is 0 Å². The Hall–Kier alpha value is -0.770. The van der Waals surface area contributed by atoms with E-state index < -0.39 is 0 Å². The van der Waals surface area contributed by atoms with E-state index in [4.69, 9.17) is 5.73 Å². The van der Waals surface area contributed by atoms with E-state index in [0.717, 1.165) is 16.2 Å². The summed E-state index contributed by atoms with van der Waals surface area (Å²) in [6, 6.07) is 2.41. The first-order chi connectivity index (χ1) is 8.11. The van der Waals surface area contributed by atoms with E-state index in [1.807, 2.05) is 6.07 Å². The van der Waals surface area contributed by atoms with Crippen LogP contribution in [0.1, 0.15) is 33.1 Å². The molecule has 1 aromatic heterocycles. The van der Waals surface area contributed by atoms with Gasteiger partial charge in [-0.3, -0.25) is 0 Å². The smallest absolute Gasteiger partial charge is 0.149 e. The molecular formula is C13H20BrN3. The number of hydrogen-bond acceptors (Lipinski definition) is 3. The second-order valence-corrected chi connectivity index (χ2v) is 5.86. The number of nitrogens with two attached hydrogens (primary N) is 1. The molecule has 3 unspecified atom stereocenters. The van der Waals surface area contributed by atoms with Gasteiger partial charge in [-0.2, -0.15) is 0 Å². The molecule has 1 aromatic rings. The van der Waals surface area contributed by atoms with Gasteiger partial charge >= 0.3 is 0 Å². The summed E-state index contributed by atoms with van der Waals surface area (Å²) in [5, 5.41) is 3.49. The van der Waals surface area contributed by atoms with Crippen molar-refractivity contribution in [1.82, 2.24) is 4.98 Å². The Morgan fingerprint density at radius 3 is 2.88 bits per heavy atom. The summed E-state index contributed by atoms with van der Waals surface area (Å²) >= 11 is 3.37. The zero-order valence-corrected chi connectivity index (χ0v) is 12.0. The Kier molecular flexibility index (Phi) is 3.92. The molecule has 3 atom stereocenters. The summed E-state index contributed by atoms with van der Waals surface area (Å²) in [7, 11) is 0. The largest absolute Gasteiger partial charge is 0.396 e. The van der Waals surface area contributed by atoms with Crippen molar-refractivity contribution in [3.05, 3.63) is 16.7 Å². The summed E-state index contributed by atoms with van der Waals surface area (Å²) in [5.41, 5.74) is 6.67. The van der Waals surface area contributed by atoms with Crippen LogP contribution in [0.3, 0.4) is 0 Å². The number of halogens is 1. The molecule has 1 heterocycles. The van der Waals surface area contributed by atoms with Crippen molar-refractivity contribution in [1.29, 1.82) is 0 Å². The molecule has 0 spiro atoms. The van der Waals surface area contributed by atoms with Crippen LogP contribution in [0.15, 0.2) is 16.7 Å². The van der Waals surface area contributed by atoms with Crippen molar-refractivity contribution in [2.75, 3.05) is 11.1 Å². The van der Waals surface area contributed by atoms with Crippen molar-refractivity contribution < 1.29 is 0 Å². The number of anilines is 2. The van der Waals surface area contributed by atoms with E-state index in [1.54, 1.807) is 6.20 Å². The number of hydrogen-bond donors (Lipinski definition) is 2. The molecule has 3 N–H and O–H groups in total. The van der Waals surface area contributed by atoms with Crippen molar-refractivity contribution in [2.24, 2.45) is 11.8 Å². The lowest BCUT2D eigenvalue weighted by Gasteiger charge is -2.22. The standard InChI is InChI=1S/C13H20BrN3/c1-3-9-4-5-12(8(9)2)17-13-11(15)6-10(14)7-16-13/h6-9,12H,3-5,15H2,1-2H3,(H,16,17). The highest BCUT2D eigenvalue weighted by Gasteiger charge is 2.31. The van der Waals surface area contributed by atoms with Gasteiger partial charge in [-0.05, 0) is 46.7 Å². The first-order valence-electron chi connectivity index (χ1n) is 6.29. The average Bonchev–Trinajstić information content (AvgIpc) is 2.64. The molecule has 4 heteroatoms. The predicted molar refractivity (Wildman–Crippen MR) is 75.9 cm³/mol. The van der Waals surface area contributed by atoms with Gasteiger partial charge in [0, 0.05) is 16.7 Å². The topological polar surface area (TPSA) is 50.9 Å². The third-order valence-corrected chi connectivity index (χ3v) is 4.39. The first kappa shape index (κ1) is 12.7. The highest BCUT2D eigenvalue weighted by Crippen LogP contribution is 2.36. The van der Waals surface area contributed by atoms with Gasteiger partial charge in [-0.25, -0.2) is 4.98 Å². The monoisotopic (exact) mass is 297 g/mol. The van der Waals surface area contributed by atoms with Crippen molar-refractivity contribution in [2.45, 2.75) is 39.2 Å². The van der Waals surface area contributed by atoms with Crippen LogP contribution in [0, 0.1) is 11.8 Å². The van der Waals surface area contributed by atoms with Crippen molar-refractivity contribution in [3.8, 4) is 0 Å². The van der Waals surface area contributed by atoms with Crippen LogP contribution in [0.4, 0.5) is 11.5 Å². The minimum Gasteiger partial charge on any atom is -0.396 e. The molecule has 1 aliphatic carbocycles. The van der Waals surface area contributed by atoms with E-state index in [9.17, 15) is 0 Å². The number of aromatic nitrogens is 1. The molecule has 1 aliphatic rings. The van der Waals surface area contributed by atoms with Gasteiger partial charge < -0.3 is 11.1 Å². The second-order valence-electron chi connectivity index (χ2n) is 4.95. The van der Waals surface area contributed by atoms with E-state index in [-0.39, 0.29) is 0 Å². The van der Waals surface area contributed by atoms with Crippen LogP contribution >= 0.6 is 15.9 Å². The van der Waals surface area contributed by atoms with Crippen LogP contribution in [0.25, 0.3) is 0 Å². The third-order valence-electron chi connectivity index (χ3n) is 3.96. The average molecular weight is 298 g/mol. The van der Waals surface area contributed by atoms with Gasteiger partial charge in [-0.15, -0.1) is 0 Å². The number of nitrogens with one attached hydrogen (secondary N) is 1. The Morgan fingerprint density at radius 2 is 2.29 bits per heavy atom. The van der Waals surface area contributed by atoms with Gasteiger partial charge in [0.15, 0.2) is 0 Å². The maximum absolute atomic E-state index is 5.96.